The van der Waals surface area contributed by atoms with Gasteiger partial charge < -0.3 is 0 Å². The minimum atomic E-state index is -0.443. The molecule has 1 aromatic heterocycles. The quantitative estimate of drug-likeness (QED) is 0.405. The number of fused-ring (bicyclic) bond motifs is 1. The lowest BCUT2D eigenvalue weighted by atomic mass is 10.2. The van der Waals surface area contributed by atoms with Gasteiger partial charge in [0.25, 0.3) is 5.56 Å². The van der Waals surface area contributed by atoms with Crippen LogP contribution in [0.25, 0.3) is 16.6 Å². The van der Waals surface area contributed by atoms with E-state index in [0.717, 1.165) is 14.6 Å². The molecule has 4 rings (SSSR count). The Morgan fingerprint density at radius 2 is 1.57 bits per heavy atom. The van der Waals surface area contributed by atoms with E-state index < -0.39 is 11.2 Å². The summed E-state index contributed by atoms with van der Waals surface area (Å²) in [4.78, 5) is 26.5. The Balaban J connectivity index is 2.06. The first kappa shape index (κ1) is 19.0. The average molecular weight is 476 g/mol. The highest BCUT2D eigenvalue weighted by Crippen LogP contribution is 2.19. The zero-order chi connectivity index (χ0) is 19.8. The maximum atomic E-state index is 13.3. The van der Waals surface area contributed by atoms with Gasteiger partial charge in [0.15, 0.2) is 0 Å². The van der Waals surface area contributed by atoms with Crippen molar-refractivity contribution in [1.29, 1.82) is 0 Å². The van der Waals surface area contributed by atoms with E-state index in [4.69, 9.17) is 23.2 Å². The number of benzene rings is 3. The molecule has 0 aliphatic rings. The summed E-state index contributed by atoms with van der Waals surface area (Å²) in [7, 11) is 0. The summed E-state index contributed by atoms with van der Waals surface area (Å²) in [5, 5.41) is 1.45. The van der Waals surface area contributed by atoms with Gasteiger partial charge in [-0.2, -0.15) is 0 Å². The molecule has 3 aromatic carbocycles. The smallest absolute Gasteiger partial charge is 0.288 e. The molecule has 7 heteroatoms. The van der Waals surface area contributed by atoms with Crippen molar-refractivity contribution in [1.82, 2.24) is 9.13 Å². The highest BCUT2D eigenvalue weighted by atomic mass is 79.9. The maximum absolute atomic E-state index is 13.3. The molecule has 0 saturated heterocycles. The molecule has 0 atom stereocenters. The van der Waals surface area contributed by atoms with E-state index in [1.54, 1.807) is 59.2 Å². The van der Waals surface area contributed by atoms with Crippen molar-refractivity contribution in [3.63, 3.8) is 0 Å². The molecule has 140 valence electrons. The zero-order valence-corrected chi connectivity index (χ0v) is 17.5. The van der Waals surface area contributed by atoms with Crippen molar-refractivity contribution in [2.75, 3.05) is 0 Å². The molecule has 0 spiro atoms. The molecule has 0 amide bonds. The number of halogens is 3. The molecule has 4 aromatic rings. The summed E-state index contributed by atoms with van der Waals surface area (Å²) in [6.45, 7) is 0.276. The van der Waals surface area contributed by atoms with E-state index in [1.807, 2.05) is 12.1 Å². The van der Waals surface area contributed by atoms with Crippen LogP contribution in [0.4, 0.5) is 0 Å². The van der Waals surface area contributed by atoms with Crippen molar-refractivity contribution in [3.8, 4) is 5.69 Å². The summed E-state index contributed by atoms with van der Waals surface area (Å²) >= 11 is 15.6. The van der Waals surface area contributed by atoms with Gasteiger partial charge in [-0.05, 0) is 54.1 Å². The second-order valence-corrected chi connectivity index (χ2v) is 8.07. The summed E-state index contributed by atoms with van der Waals surface area (Å²) in [5.41, 5.74) is 0.990. The Hall–Kier alpha value is -2.34. The lowest BCUT2D eigenvalue weighted by molar-refractivity contribution is 0.714. The summed E-state index contributed by atoms with van der Waals surface area (Å²) in [6.07, 6.45) is 0. The zero-order valence-electron chi connectivity index (χ0n) is 14.4. The van der Waals surface area contributed by atoms with Gasteiger partial charge in [-0.15, -0.1) is 0 Å². The SMILES string of the molecule is O=c1c2cc(Br)ccc2n(Cc2cccc(Cl)c2)c(=O)n1-c1cccc(Cl)c1. The van der Waals surface area contributed by atoms with Crippen LogP contribution in [0.15, 0.2) is 80.8 Å². The van der Waals surface area contributed by atoms with Crippen molar-refractivity contribution in [2.45, 2.75) is 6.54 Å². The summed E-state index contributed by atoms with van der Waals surface area (Å²) < 4.78 is 3.46. The van der Waals surface area contributed by atoms with Gasteiger partial charge in [-0.1, -0.05) is 57.3 Å². The number of nitrogens with zero attached hydrogens (tertiary/aromatic N) is 2. The third kappa shape index (κ3) is 3.53. The average Bonchev–Trinajstić information content (AvgIpc) is 2.66. The first-order valence-corrected chi connectivity index (χ1v) is 9.94. The lowest BCUT2D eigenvalue weighted by Gasteiger charge is -2.15. The molecule has 0 saturated carbocycles. The van der Waals surface area contributed by atoms with Gasteiger partial charge in [0.1, 0.15) is 0 Å². The molecule has 0 fully saturated rings. The molecular weight excluding hydrogens is 463 g/mol. The fourth-order valence-corrected chi connectivity index (χ4v) is 3.92. The summed E-state index contributed by atoms with van der Waals surface area (Å²) in [5.74, 6) is 0. The Morgan fingerprint density at radius 1 is 0.857 bits per heavy atom. The van der Waals surface area contributed by atoms with E-state index in [-0.39, 0.29) is 6.54 Å². The standard InChI is InChI=1S/C21H13BrCl2N2O2/c22-14-7-8-19-18(10-14)20(27)26(17-6-2-5-16(24)11-17)21(28)25(19)12-13-3-1-4-15(23)9-13/h1-11H,12H2. The number of hydrogen-bond acceptors (Lipinski definition) is 2. The van der Waals surface area contributed by atoms with E-state index in [9.17, 15) is 9.59 Å². The Labute approximate surface area is 178 Å². The Morgan fingerprint density at radius 3 is 2.29 bits per heavy atom. The highest BCUT2D eigenvalue weighted by Gasteiger charge is 2.15. The van der Waals surface area contributed by atoms with Crippen LogP contribution in [0.5, 0.6) is 0 Å². The number of hydrogen-bond donors (Lipinski definition) is 0. The van der Waals surface area contributed by atoms with Crippen molar-refractivity contribution < 1.29 is 0 Å². The molecule has 1 heterocycles. The van der Waals surface area contributed by atoms with Gasteiger partial charge in [-0.25, -0.2) is 9.36 Å². The van der Waals surface area contributed by atoms with Crippen LogP contribution < -0.4 is 11.2 Å². The molecule has 0 bridgehead atoms. The minimum absolute atomic E-state index is 0.276. The Bertz CT molecular complexity index is 1330. The normalized spacial score (nSPS) is 11.1. The highest BCUT2D eigenvalue weighted by molar-refractivity contribution is 9.10. The van der Waals surface area contributed by atoms with Crippen LogP contribution in [0.1, 0.15) is 5.56 Å². The Kier molecular flexibility index (Phi) is 5.15. The molecule has 0 unspecified atom stereocenters. The third-order valence-electron chi connectivity index (χ3n) is 4.40. The first-order chi connectivity index (χ1) is 13.4. The summed E-state index contributed by atoms with van der Waals surface area (Å²) in [6, 6.07) is 19.2. The predicted molar refractivity (Wildman–Crippen MR) is 117 cm³/mol. The largest absolute Gasteiger partial charge is 0.336 e. The van der Waals surface area contributed by atoms with E-state index in [0.29, 0.717) is 26.6 Å². The fourth-order valence-electron chi connectivity index (χ4n) is 3.16. The second-order valence-electron chi connectivity index (χ2n) is 6.28. The van der Waals surface area contributed by atoms with E-state index in [1.165, 1.54) is 0 Å². The van der Waals surface area contributed by atoms with Crippen LogP contribution in [0.2, 0.25) is 10.0 Å². The van der Waals surface area contributed by atoms with Crippen LogP contribution in [0.3, 0.4) is 0 Å². The van der Waals surface area contributed by atoms with Crippen LogP contribution in [-0.2, 0) is 6.54 Å². The number of aromatic nitrogens is 2. The van der Waals surface area contributed by atoms with E-state index >= 15 is 0 Å². The third-order valence-corrected chi connectivity index (χ3v) is 5.36. The number of rotatable bonds is 3. The van der Waals surface area contributed by atoms with Crippen molar-refractivity contribution >= 4 is 50.0 Å². The van der Waals surface area contributed by atoms with Crippen LogP contribution in [0, 0.1) is 0 Å². The van der Waals surface area contributed by atoms with Crippen molar-refractivity contribution in [3.05, 3.63) is 108 Å². The maximum Gasteiger partial charge on any atom is 0.336 e. The predicted octanol–water partition coefficient (Wildman–Crippen LogP) is 5.27. The second kappa shape index (κ2) is 7.59. The molecule has 0 radical (unpaired) electrons. The molecule has 0 aliphatic heterocycles. The topological polar surface area (TPSA) is 44.0 Å². The van der Waals surface area contributed by atoms with Gasteiger partial charge in [0, 0.05) is 14.5 Å². The van der Waals surface area contributed by atoms with Gasteiger partial charge in [-0.3, -0.25) is 9.36 Å². The van der Waals surface area contributed by atoms with Gasteiger partial charge in [0.2, 0.25) is 0 Å². The monoisotopic (exact) mass is 474 g/mol. The van der Waals surface area contributed by atoms with E-state index in [2.05, 4.69) is 15.9 Å². The minimum Gasteiger partial charge on any atom is -0.288 e. The van der Waals surface area contributed by atoms with Gasteiger partial charge >= 0.3 is 5.69 Å². The fraction of sp³-hybridized carbons (Fsp3) is 0.0476. The van der Waals surface area contributed by atoms with Crippen molar-refractivity contribution in [2.24, 2.45) is 0 Å². The lowest BCUT2D eigenvalue weighted by Crippen LogP contribution is -2.39. The molecular formula is C21H13BrCl2N2O2. The first-order valence-electron chi connectivity index (χ1n) is 8.39. The van der Waals surface area contributed by atoms with Crippen LogP contribution in [-0.4, -0.2) is 9.13 Å². The molecule has 0 N–H and O–H groups in total. The van der Waals surface area contributed by atoms with Gasteiger partial charge in [0.05, 0.1) is 23.1 Å². The molecule has 4 nitrogen and oxygen atoms in total. The molecule has 0 aliphatic carbocycles. The molecule has 28 heavy (non-hydrogen) atoms. The van der Waals surface area contributed by atoms with Crippen LogP contribution >= 0.6 is 39.1 Å².